The molecule has 3 fully saturated rings. The van der Waals surface area contributed by atoms with Crippen LogP contribution in [0.1, 0.15) is 44.1 Å². The first-order valence-electron chi connectivity index (χ1n) is 11.8. The van der Waals surface area contributed by atoms with Crippen LogP contribution in [0.15, 0.2) is 24.3 Å². The molecule has 5 heteroatoms. The zero-order valence-electron chi connectivity index (χ0n) is 17.9. The van der Waals surface area contributed by atoms with Gasteiger partial charge in [-0.05, 0) is 68.8 Å². The van der Waals surface area contributed by atoms with Crippen LogP contribution in [0.4, 0.5) is 4.39 Å². The summed E-state index contributed by atoms with van der Waals surface area (Å²) in [5, 5.41) is 0. The lowest BCUT2D eigenvalue weighted by atomic mass is 9.91. The third-order valence-corrected chi connectivity index (χ3v) is 6.95. The van der Waals surface area contributed by atoms with E-state index in [1.807, 2.05) is 12.1 Å². The van der Waals surface area contributed by atoms with Crippen molar-refractivity contribution in [1.29, 1.82) is 0 Å². The normalized spacial score (nSPS) is 27.1. The molecule has 3 aliphatic heterocycles. The molecule has 162 valence electrons. The Morgan fingerprint density at radius 2 is 1.86 bits per heavy atom. The number of piperazine rings is 1. The first kappa shape index (κ1) is 21.2. The van der Waals surface area contributed by atoms with Crippen molar-refractivity contribution in [3.05, 3.63) is 35.6 Å². The summed E-state index contributed by atoms with van der Waals surface area (Å²) in [6, 6.07) is 7.71. The molecule has 3 saturated heterocycles. The molecule has 0 radical (unpaired) electrons. The van der Waals surface area contributed by atoms with Crippen LogP contribution in [0, 0.1) is 11.7 Å². The maximum Gasteiger partial charge on any atom is 0.123 e. The number of rotatable bonds is 8. The van der Waals surface area contributed by atoms with Gasteiger partial charge in [0.15, 0.2) is 0 Å². The Bertz CT molecular complexity index is 622. The molecular formula is C24H38FN3O. The van der Waals surface area contributed by atoms with Gasteiger partial charge < -0.3 is 9.64 Å². The minimum Gasteiger partial charge on any atom is -0.381 e. The molecule has 0 N–H and O–H groups in total. The average Bonchev–Trinajstić information content (AvgIpc) is 2.74. The summed E-state index contributed by atoms with van der Waals surface area (Å²) in [5.74, 6) is 0.563. The molecule has 3 aliphatic rings. The number of likely N-dealkylation sites (tertiary alicyclic amines) is 1. The summed E-state index contributed by atoms with van der Waals surface area (Å²) in [6.07, 6.45) is 7.88. The molecule has 2 unspecified atom stereocenters. The first-order valence-corrected chi connectivity index (χ1v) is 11.8. The highest BCUT2D eigenvalue weighted by Gasteiger charge is 2.32. The molecule has 0 bridgehead atoms. The van der Waals surface area contributed by atoms with E-state index in [0.717, 1.165) is 45.0 Å². The van der Waals surface area contributed by atoms with Crippen LogP contribution in [0.25, 0.3) is 0 Å². The second-order valence-corrected chi connectivity index (χ2v) is 9.29. The van der Waals surface area contributed by atoms with Crippen LogP contribution >= 0.6 is 0 Å². The van der Waals surface area contributed by atoms with Crippen molar-refractivity contribution in [1.82, 2.24) is 14.7 Å². The van der Waals surface area contributed by atoms with E-state index in [2.05, 4.69) is 14.7 Å². The lowest BCUT2D eigenvalue weighted by Crippen LogP contribution is -2.56. The third-order valence-electron chi connectivity index (χ3n) is 6.95. The number of benzene rings is 1. The van der Waals surface area contributed by atoms with Gasteiger partial charge in [0, 0.05) is 51.9 Å². The van der Waals surface area contributed by atoms with Crippen molar-refractivity contribution >= 4 is 0 Å². The van der Waals surface area contributed by atoms with Crippen molar-refractivity contribution in [2.24, 2.45) is 5.92 Å². The van der Waals surface area contributed by atoms with E-state index >= 15 is 0 Å². The van der Waals surface area contributed by atoms with Gasteiger partial charge in [-0.1, -0.05) is 18.6 Å². The number of halogens is 1. The van der Waals surface area contributed by atoms with Crippen molar-refractivity contribution in [3.8, 4) is 0 Å². The van der Waals surface area contributed by atoms with E-state index in [4.69, 9.17) is 4.74 Å². The smallest absolute Gasteiger partial charge is 0.123 e. The van der Waals surface area contributed by atoms with Crippen molar-refractivity contribution in [2.45, 2.75) is 51.1 Å². The van der Waals surface area contributed by atoms with E-state index in [1.54, 1.807) is 6.07 Å². The standard InChI is InChI=1S/C24H38FN3O/c25-23-7-4-6-21(16-23)17-27-13-14-28-18-22(8-9-24(28)19-27)20-29-15-5-12-26-10-2-1-3-11-26/h4,6-7,16,22,24H,1-3,5,8-15,17-20H2. The lowest BCUT2D eigenvalue weighted by molar-refractivity contribution is -0.00317. The highest BCUT2D eigenvalue weighted by Crippen LogP contribution is 2.26. The molecule has 4 nitrogen and oxygen atoms in total. The number of piperidine rings is 2. The van der Waals surface area contributed by atoms with Gasteiger partial charge in [0.25, 0.3) is 0 Å². The second kappa shape index (κ2) is 10.9. The van der Waals surface area contributed by atoms with Gasteiger partial charge in [-0.3, -0.25) is 9.80 Å². The fraction of sp³-hybridized carbons (Fsp3) is 0.750. The molecule has 0 amide bonds. The van der Waals surface area contributed by atoms with Gasteiger partial charge in [0.05, 0.1) is 6.61 Å². The van der Waals surface area contributed by atoms with Crippen LogP contribution in [0.5, 0.6) is 0 Å². The lowest BCUT2D eigenvalue weighted by Gasteiger charge is -2.46. The minimum absolute atomic E-state index is 0.127. The molecular weight excluding hydrogens is 365 g/mol. The van der Waals surface area contributed by atoms with Crippen LogP contribution in [0.3, 0.4) is 0 Å². The Labute approximate surface area is 176 Å². The summed E-state index contributed by atoms with van der Waals surface area (Å²) < 4.78 is 19.5. The molecule has 4 rings (SSSR count). The number of hydrogen-bond acceptors (Lipinski definition) is 4. The largest absolute Gasteiger partial charge is 0.381 e. The topological polar surface area (TPSA) is 19.0 Å². The highest BCUT2D eigenvalue weighted by molar-refractivity contribution is 5.16. The molecule has 0 aliphatic carbocycles. The first-order chi connectivity index (χ1) is 14.3. The number of fused-ring (bicyclic) bond motifs is 1. The summed E-state index contributed by atoms with van der Waals surface area (Å²) >= 11 is 0. The number of ether oxygens (including phenoxy) is 1. The molecule has 1 aromatic rings. The third kappa shape index (κ3) is 6.48. The zero-order chi connectivity index (χ0) is 19.9. The van der Waals surface area contributed by atoms with Gasteiger partial charge in [0.2, 0.25) is 0 Å². The van der Waals surface area contributed by atoms with E-state index in [1.165, 1.54) is 70.8 Å². The Kier molecular flexibility index (Phi) is 7.94. The Morgan fingerprint density at radius 1 is 0.966 bits per heavy atom. The van der Waals surface area contributed by atoms with Crippen LogP contribution in [0.2, 0.25) is 0 Å². The second-order valence-electron chi connectivity index (χ2n) is 9.29. The summed E-state index contributed by atoms with van der Waals surface area (Å²) in [6.45, 7) is 11.0. The zero-order valence-corrected chi connectivity index (χ0v) is 17.9. The number of hydrogen-bond donors (Lipinski definition) is 0. The van der Waals surface area contributed by atoms with Crippen LogP contribution in [-0.2, 0) is 11.3 Å². The van der Waals surface area contributed by atoms with Gasteiger partial charge in [-0.2, -0.15) is 0 Å². The van der Waals surface area contributed by atoms with E-state index in [9.17, 15) is 4.39 Å². The predicted octanol–water partition coefficient (Wildman–Crippen LogP) is 3.61. The fourth-order valence-electron chi connectivity index (χ4n) is 5.32. The number of nitrogens with zero attached hydrogens (tertiary/aromatic N) is 3. The van der Waals surface area contributed by atoms with Crippen molar-refractivity contribution < 1.29 is 9.13 Å². The van der Waals surface area contributed by atoms with E-state index < -0.39 is 0 Å². The predicted molar refractivity (Wildman–Crippen MR) is 115 cm³/mol. The van der Waals surface area contributed by atoms with E-state index in [0.29, 0.717) is 12.0 Å². The Morgan fingerprint density at radius 3 is 2.72 bits per heavy atom. The summed E-state index contributed by atoms with van der Waals surface area (Å²) in [4.78, 5) is 7.77. The van der Waals surface area contributed by atoms with Gasteiger partial charge in [-0.25, -0.2) is 4.39 Å². The average molecular weight is 404 g/mol. The molecule has 1 aromatic carbocycles. The molecule has 2 atom stereocenters. The summed E-state index contributed by atoms with van der Waals surface area (Å²) in [5.41, 5.74) is 1.09. The molecule has 0 saturated carbocycles. The fourth-order valence-corrected chi connectivity index (χ4v) is 5.32. The minimum atomic E-state index is -0.127. The summed E-state index contributed by atoms with van der Waals surface area (Å²) in [7, 11) is 0. The molecule has 0 aromatic heterocycles. The Balaban J connectivity index is 1.11. The van der Waals surface area contributed by atoms with Gasteiger partial charge in [0.1, 0.15) is 5.82 Å². The van der Waals surface area contributed by atoms with Crippen LogP contribution in [-0.4, -0.2) is 79.8 Å². The van der Waals surface area contributed by atoms with Gasteiger partial charge >= 0.3 is 0 Å². The quantitative estimate of drug-likeness (QED) is 0.617. The Hall–Kier alpha value is -1.01. The SMILES string of the molecule is Fc1cccc(CN2CCN3CC(COCCCN4CCCCC4)CCC3C2)c1. The van der Waals surface area contributed by atoms with E-state index in [-0.39, 0.29) is 5.82 Å². The maximum absolute atomic E-state index is 13.4. The van der Waals surface area contributed by atoms with Gasteiger partial charge in [-0.15, -0.1) is 0 Å². The highest BCUT2D eigenvalue weighted by atomic mass is 19.1. The molecule has 0 spiro atoms. The molecule has 3 heterocycles. The molecule has 29 heavy (non-hydrogen) atoms. The maximum atomic E-state index is 13.4. The van der Waals surface area contributed by atoms with Crippen LogP contribution < -0.4 is 0 Å². The van der Waals surface area contributed by atoms with Crippen molar-refractivity contribution in [2.75, 3.05) is 59.0 Å². The van der Waals surface area contributed by atoms with Crippen molar-refractivity contribution in [3.63, 3.8) is 0 Å². The monoisotopic (exact) mass is 403 g/mol.